The van der Waals surface area contributed by atoms with Gasteiger partial charge in [0.25, 0.3) is 0 Å². The third kappa shape index (κ3) is 2.64. The Kier molecular flexibility index (Phi) is 3.24. The second-order valence-corrected chi connectivity index (χ2v) is 5.67. The van der Waals surface area contributed by atoms with Crippen LogP contribution in [-0.2, 0) is 7.05 Å². The van der Waals surface area contributed by atoms with E-state index in [0.29, 0.717) is 10.7 Å². The number of anilines is 2. The summed E-state index contributed by atoms with van der Waals surface area (Å²) in [6.07, 6.45) is 5.56. The van der Waals surface area contributed by atoms with Crippen LogP contribution >= 0.6 is 11.6 Å². The highest BCUT2D eigenvalue weighted by atomic mass is 35.5. The van der Waals surface area contributed by atoms with Crippen molar-refractivity contribution in [2.75, 3.05) is 5.32 Å². The SMILES string of the molecule is Cn1cc(-c2cnc3n[nH]c(Nc4cccc(Cl)c4)c3c2)cn1. The van der Waals surface area contributed by atoms with Crippen LogP contribution in [-0.4, -0.2) is 25.0 Å². The van der Waals surface area contributed by atoms with Crippen molar-refractivity contribution in [3.05, 3.63) is 53.9 Å². The molecule has 0 spiro atoms. The van der Waals surface area contributed by atoms with Gasteiger partial charge in [-0.2, -0.15) is 10.2 Å². The first-order valence-electron chi connectivity index (χ1n) is 7.05. The van der Waals surface area contributed by atoms with Crippen molar-refractivity contribution in [3.8, 4) is 11.1 Å². The Morgan fingerprint density at radius 2 is 2.09 bits per heavy atom. The zero-order chi connectivity index (χ0) is 15.8. The molecule has 0 radical (unpaired) electrons. The summed E-state index contributed by atoms with van der Waals surface area (Å²) in [6, 6.07) is 9.56. The van der Waals surface area contributed by atoms with E-state index in [-0.39, 0.29) is 0 Å². The van der Waals surface area contributed by atoms with Crippen molar-refractivity contribution >= 4 is 34.1 Å². The molecule has 1 aromatic carbocycles. The fourth-order valence-electron chi connectivity index (χ4n) is 2.43. The summed E-state index contributed by atoms with van der Waals surface area (Å²) in [7, 11) is 1.89. The van der Waals surface area contributed by atoms with Crippen molar-refractivity contribution in [3.63, 3.8) is 0 Å². The smallest absolute Gasteiger partial charge is 0.183 e. The van der Waals surface area contributed by atoms with Crippen molar-refractivity contribution in [2.24, 2.45) is 7.05 Å². The summed E-state index contributed by atoms with van der Waals surface area (Å²) in [5.41, 5.74) is 3.54. The lowest BCUT2D eigenvalue weighted by molar-refractivity contribution is 0.768. The molecule has 0 aliphatic rings. The fraction of sp³-hybridized carbons (Fsp3) is 0.0625. The Bertz CT molecular complexity index is 987. The minimum atomic E-state index is 0.655. The van der Waals surface area contributed by atoms with Gasteiger partial charge in [-0.15, -0.1) is 0 Å². The predicted octanol–water partition coefficient (Wildman–Crippen LogP) is 3.76. The molecule has 0 aliphatic heterocycles. The number of rotatable bonds is 3. The van der Waals surface area contributed by atoms with Gasteiger partial charge in [0.05, 0.1) is 11.6 Å². The highest BCUT2D eigenvalue weighted by Crippen LogP contribution is 2.28. The molecule has 7 heteroatoms. The zero-order valence-corrected chi connectivity index (χ0v) is 13.0. The Labute approximate surface area is 137 Å². The second kappa shape index (κ2) is 5.40. The number of nitrogens with one attached hydrogen (secondary N) is 2. The number of aryl methyl sites for hydroxylation is 1. The first-order chi connectivity index (χ1) is 11.2. The molecule has 114 valence electrons. The number of hydrogen-bond acceptors (Lipinski definition) is 4. The Morgan fingerprint density at radius 3 is 2.87 bits per heavy atom. The lowest BCUT2D eigenvalue weighted by atomic mass is 10.1. The third-order valence-corrected chi connectivity index (χ3v) is 3.78. The fourth-order valence-corrected chi connectivity index (χ4v) is 2.62. The van der Waals surface area contributed by atoms with Crippen molar-refractivity contribution < 1.29 is 0 Å². The molecule has 3 heterocycles. The summed E-state index contributed by atoms with van der Waals surface area (Å²) in [5.74, 6) is 0.778. The Morgan fingerprint density at radius 1 is 1.17 bits per heavy atom. The molecule has 0 saturated carbocycles. The standard InChI is InChI=1S/C16H13ClN6/c1-23-9-11(8-19-23)10-5-14-15(18-7-10)21-22-16(14)20-13-4-2-3-12(17)6-13/h2-9H,1H3,(H2,18,20,21,22). The maximum absolute atomic E-state index is 6.02. The molecule has 4 aromatic rings. The number of pyridine rings is 1. The van der Waals surface area contributed by atoms with E-state index in [1.807, 2.05) is 49.8 Å². The molecule has 3 aromatic heterocycles. The predicted molar refractivity (Wildman–Crippen MR) is 90.8 cm³/mol. The quantitative estimate of drug-likeness (QED) is 0.602. The first-order valence-corrected chi connectivity index (χ1v) is 7.42. The topological polar surface area (TPSA) is 71.4 Å². The average molecular weight is 325 g/mol. The minimum absolute atomic E-state index is 0.655. The van der Waals surface area contributed by atoms with E-state index in [2.05, 4.69) is 25.6 Å². The van der Waals surface area contributed by atoms with Crippen LogP contribution in [0, 0.1) is 0 Å². The van der Waals surface area contributed by atoms with Gasteiger partial charge in [-0.05, 0) is 24.3 Å². The van der Waals surface area contributed by atoms with Crippen LogP contribution in [0.5, 0.6) is 0 Å². The van der Waals surface area contributed by atoms with Gasteiger partial charge in [0.15, 0.2) is 5.65 Å². The molecule has 0 unspecified atom stereocenters. The van der Waals surface area contributed by atoms with E-state index >= 15 is 0 Å². The van der Waals surface area contributed by atoms with Crippen LogP contribution in [0.3, 0.4) is 0 Å². The van der Waals surface area contributed by atoms with E-state index in [4.69, 9.17) is 11.6 Å². The highest BCUT2D eigenvalue weighted by Gasteiger charge is 2.10. The van der Waals surface area contributed by atoms with Crippen molar-refractivity contribution in [2.45, 2.75) is 0 Å². The van der Waals surface area contributed by atoms with Gasteiger partial charge in [-0.1, -0.05) is 17.7 Å². The van der Waals surface area contributed by atoms with Crippen LogP contribution in [0.4, 0.5) is 11.5 Å². The van der Waals surface area contributed by atoms with Gasteiger partial charge >= 0.3 is 0 Å². The largest absolute Gasteiger partial charge is 0.340 e. The number of aromatic nitrogens is 5. The number of nitrogens with zero attached hydrogens (tertiary/aromatic N) is 4. The molecule has 0 aliphatic carbocycles. The number of H-pyrrole nitrogens is 1. The van der Waals surface area contributed by atoms with Crippen molar-refractivity contribution in [1.29, 1.82) is 0 Å². The summed E-state index contributed by atoms with van der Waals surface area (Å²) in [5, 5.41) is 16.3. The van der Waals surface area contributed by atoms with Gasteiger partial charge < -0.3 is 5.32 Å². The number of hydrogen-bond donors (Lipinski definition) is 2. The zero-order valence-electron chi connectivity index (χ0n) is 12.3. The van der Waals surface area contributed by atoms with E-state index in [1.54, 1.807) is 10.9 Å². The van der Waals surface area contributed by atoms with Gasteiger partial charge in [0.1, 0.15) is 5.82 Å². The molecule has 6 nitrogen and oxygen atoms in total. The second-order valence-electron chi connectivity index (χ2n) is 5.23. The van der Waals surface area contributed by atoms with E-state index in [1.165, 1.54) is 0 Å². The number of aromatic amines is 1. The van der Waals surface area contributed by atoms with Crippen LogP contribution in [0.25, 0.3) is 22.2 Å². The van der Waals surface area contributed by atoms with Gasteiger partial charge in [-0.25, -0.2) is 4.98 Å². The average Bonchev–Trinajstić information content (AvgIpc) is 3.14. The van der Waals surface area contributed by atoms with Crippen LogP contribution in [0.2, 0.25) is 5.02 Å². The monoisotopic (exact) mass is 324 g/mol. The first kappa shape index (κ1) is 13.8. The molecule has 4 rings (SSSR count). The summed E-state index contributed by atoms with van der Waals surface area (Å²) in [4.78, 5) is 4.40. The molecule has 2 N–H and O–H groups in total. The molecule has 0 saturated heterocycles. The minimum Gasteiger partial charge on any atom is -0.340 e. The molecule has 0 fully saturated rings. The molecule has 0 atom stereocenters. The Hall–Kier alpha value is -2.86. The lowest BCUT2D eigenvalue weighted by Crippen LogP contribution is -1.91. The number of benzene rings is 1. The van der Waals surface area contributed by atoms with E-state index in [9.17, 15) is 0 Å². The van der Waals surface area contributed by atoms with E-state index < -0.39 is 0 Å². The normalized spacial score (nSPS) is 11.0. The molecular weight excluding hydrogens is 312 g/mol. The Balaban J connectivity index is 1.75. The highest BCUT2D eigenvalue weighted by molar-refractivity contribution is 6.30. The molecular formula is C16H13ClN6. The summed E-state index contributed by atoms with van der Waals surface area (Å²) in [6.45, 7) is 0. The lowest BCUT2D eigenvalue weighted by Gasteiger charge is -2.05. The third-order valence-electron chi connectivity index (χ3n) is 3.54. The van der Waals surface area contributed by atoms with Crippen LogP contribution in [0.15, 0.2) is 48.9 Å². The number of halogens is 1. The van der Waals surface area contributed by atoms with E-state index in [0.717, 1.165) is 28.0 Å². The van der Waals surface area contributed by atoms with Crippen molar-refractivity contribution in [1.82, 2.24) is 25.0 Å². The molecule has 0 bridgehead atoms. The van der Waals surface area contributed by atoms with Gasteiger partial charge in [0.2, 0.25) is 0 Å². The van der Waals surface area contributed by atoms with Crippen LogP contribution in [0.1, 0.15) is 0 Å². The van der Waals surface area contributed by atoms with Gasteiger partial charge in [-0.3, -0.25) is 9.78 Å². The van der Waals surface area contributed by atoms with Gasteiger partial charge in [0, 0.05) is 41.3 Å². The summed E-state index contributed by atoms with van der Waals surface area (Å²) < 4.78 is 1.76. The molecule has 0 amide bonds. The number of fused-ring (bicyclic) bond motifs is 1. The maximum Gasteiger partial charge on any atom is 0.183 e. The molecule has 23 heavy (non-hydrogen) atoms. The van der Waals surface area contributed by atoms with Crippen LogP contribution < -0.4 is 5.32 Å². The maximum atomic E-state index is 6.02. The summed E-state index contributed by atoms with van der Waals surface area (Å²) >= 11 is 6.02.